The molecular weight excluding hydrogens is 126 g/mol. The number of likely N-dealkylation sites (tertiary alicyclic amines) is 1. The van der Waals surface area contributed by atoms with E-state index >= 15 is 0 Å². The van der Waals surface area contributed by atoms with Crippen molar-refractivity contribution in [2.75, 3.05) is 26.3 Å². The van der Waals surface area contributed by atoms with Crippen LogP contribution in [0.15, 0.2) is 0 Å². The van der Waals surface area contributed by atoms with E-state index in [0.29, 0.717) is 5.54 Å². The highest BCUT2D eigenvalue weighted by atomic mass is 16.5. The van der Waals surface area contributed by atoms with Gasteiger partial charge in [-0.05, 0) is 19.4 Å². The lowest BCUT2D eigenvalue weighted by Gasteiger charge is -2.57. The standard InChI is InChI=1S/C8H15NO/c1-2-4-9-5-3-8(9)6-10-7-8/h2-7H2,1H3. The maximum Gasteiger partial charge on any atom is 0.0690 e. The summed E-state index contributed by atoms with van der Waals surface area (Å²) in [4.78, 5) is 2.57. The largest absolute Gasteiger partial charge is 0.377 e. The molecule has 0 aromatic carbocycles. The zero-order valence-corrected chi connectivity index (χ0v) is 6.60. The number of rotatable bonds is 2. The van der Waals surface area contributed by atoms with E-state index in [2.05, 4.69) is 11.8 Å². The lowest BCUT2D eigenvalue weighted by atomic mass is 9.83. The van der Waals surface area contributed by atoms with Gasteiger partial charge in [-0.25, -0.2) is 0 Å². The highest BCUT2D eigenvalue weighted by Crippen LogP contribution is 2.36. The van der Waals surface area contributed by atoms with Gasteiger partial charge in [0, 0.05) is 6.54 Å². The molecule has 2 heterocycles. The molecule has 2 fully saturated rings. The Kier molecular flexibility index (Phi) is 1.46. The summed E-state index contributed by atoms with van der Waals surface area (Å²) in [7, 11) is 0. The van der Waals surface area contributed by atoms with Crippen molar-refractivity contribution in [2.45, 2.75) is 25.3 Å². The van der Waals surface area contributed by atoms with Crippen LogP contribution in [0.25, 0.3) is 0 Å². The van der Waals surface area contributed by atoms with Gasteiger partial charge in [0.25, 0.3) is 0 Å². The number of hydrogen-bond donors (Lipinski definition) is 0. The Labute approximate surface area is 62.2 Å². The van der Waals surface area contributed by atoms with Crippen LogP contribution < -0.4 is 0 Å². The average molecular weight is 141 g/mol. The SMILES string of the molecule is CCCN1CCC12COC2. The molecule has 0 amide bonds. The molecule has 0 aromatic rings. The van der Waals surface area contributed by atoms with Crippen LogP contribution in [0.2, 0.25) is 0 Å². The van der Waals surface area contributed by atoms with Crippen LogP contribution in [0, 0.1) is 0 Å². The third-order valence-electron chi connectivity index (χ3n) is 2.75. The van der Waals surface area contributed by atoms with Gasteiger partial charge >= 0.3 is 0 Å². The van der Waals surface area contributed by atoms with Crippen molar-refractivity contribution in [2.24, 2.45) is 0 Å². The lowest BCUT2D eigenvalue weighted by Crippen LogP contribution is -2.70. The second kappa shape index (κ2) is 2.21. The van der Waals surface area contributed by atoms with Gasteiger partial charge in [0.2, 0.25) is 0 Å². The van der Waals surface area contributed by atoms with E-state index in [1.807, 2.05) is 0 Å². The Morgan fingerprint density at radius 1 is 1.50 bits per heavy atom. The first kappa shape index (κ1) is 6.62. The van der Waals surface area contributed by atoms with Crippen LogP contribution in [0.5, 0.6) is 0 Å². The summed E-state index contributed by atoms with van der Waals surface area (Å²) in [6.07, 6.45) is 2.65. The second-order valence-corrected chi connectivity index (χ2v) is 3.45. The molecule has 0 bridgehead atoms. The minimum absolute atomic E-state index is 0.524. The van der Waals surface area contributed by atoms with E-state index < -0.39 is 0 Å². The fourth-order valence-electron chi connectivity index (χ4n) is 1.87. The summed E-state index contributed by atoms with van der Waals surface area (Å²) in [6, 6.07) is 0. The van der Waals surface area contributed by atoms with E-state index in [4.69, 9.17) is 4.74 Å². The van der Waals surface area contributed by atoms with E-state index in [0.717, 1.165) is 13.2 Å². The molecule has 1 spiro atoms. The van der Waals surface area contributed by atoms with Crippen LogP contribution in [-0.4, -0.2) is 36.7 Å². The van der Waals surface area contributed by atoms with Gasteiger partial charge in [-0.3, -0.25) is 4.90 Å². The Morgan fingerprint density at radius 2 is 2.30 bits per heavy atom. The van der Waals surface area contributed by atoms with Crippen molar-refractivity contribution < 1.29 is 4.74 Å². The molecule has 2 rings (SSSR count). The van der Waals surface area contributed by atoms with Crippen LogP contribution in [0.1, 0.15) is 19.8 Å². The van der Waals surface area contributed by atoms with Crippen molar-refractivity contribution in [1.29, 1.82) is 0 Å². The lowest BCUT2D eigenvalue weighted by molar-refractivity contribution is -0.191. The van der Waals surface area contributed by atoms with Crippen molar-refractivity contribution >= 4 is 0 Å². The summed E-state index contributed by atoms with van der Waals surface area (Å²) >= 11 is 0. The van der Waals surface area contributed by atoms with Gasteiger partial charge in [0.15, 0.2) is 0 Å². The van der Waals surface area contributed by atoms with E-state index in [1.54, 1.807) is 0 Å². The average Bonchev–Trinajstić information content (AvgIpc) is 1.77. The first-order valence-electron chi connectivity index (χ1n) is 4.20. The molecule has 2 saturated heterocycles. The van der Waals surface area contributed by atoms with Gasteiger partial charge in [-0.15, -0.1) is 0 Å². The summed E-state index contributed by atoms with van der Waals surface area (Å²) in [5.74, 6) is 0. The summed E-state index contributed by atoms with van der Waals surface area (Å²) in [6.45, 7) is 6.80. The number of nitrogens with zero attached hydrogens (tertiary/aromatic N) is 1. The summed E-state index contributed by atoms with van der Waals surface area (Å²) in [5, 5.41) is 0. The molecule has 0 unspecified atom stereocenters. The first-order chi connectivity index (χ1) is 4.87. The Morgan fingerprint density at radius 3 is 2.60 bits per heavy atom. The molecule has 0 radical (unpaired) electrons. The third kappa shape index (κ3) is 0.722. The van der Waals surface area contributed by atoms with Gasteiger partial charge in [-0.1, -0.05) is 6.92 Å². The molecule has 2 heteroatoms. The maximum absolute atomic E-state index is 5.21. The van der Waals surface area contributed by atoms with Crippen molar-refractivity contribution in [3.05, 3.63) is 0 Å². The molecule has 2 aliphatic heterocycles. The minimum Gasteiger partial charge on any atom is -0.377 e. The third-order valence-corrected chi connectivity index (χ3v) is 2.75. The fraction of sp³-hybridized carbons (Fsp3) is 1.00. The predicted octanol–water partition coefficient (Wildman–Crippen LogP) is 0.871. The molecule has 0 saturated carbocycles. The van der Waals surface area contributed by atoms with Crippen molar-refractivity contribution in [3.8, 4) is 0 Å². The van der Waals surface area contributed by atoms with E-state index in [-0.39, 0.29) is 0 Å². The normalized spacial score (nSPS) is 29.7. The molecule has 0 aromatic heterocycles. The first-order valence-corrected chi connectivity index (χ1v) is 4.20. The second-order valence-electron chi connectivity index (χ2n) is 3.45. The Hall–Kier alpha value is -0.0800. The monoisotopic (exact) mass is 141 g/mol. The van der Waals surface area contributed by atoms with E-state index in [1.165, 1.54) is 25.9 Å². The minimum atomic E-state index is 0.524. The van der Waals surface area contributed by atoms with Crippen LogP contribution >= 0.6 is 0 Å². The van der Waals surface area contributed by atoms with Gasteiger partial charge in [0.1, 0.15) is 0 Å². The highest BCUT2D eigenvalue weighted by Gasteiger charge is 2.49. The molecular formula is C8H15NO. The van der Waals surface area contributed by atoms with Crippen LogP contribution in [-0.2, 0) is 4.74 Å². The number of ether oxygens (including phenoxy) is 1. The summed E-state index contributed by atoms with van der Waals surface area (Å²) < 4.78 is 5.21. The molecule has 10 heavy (non-hydrogen) atoms. The fourth-order valence-corrected chi connectivity index (χ4v) is 1.87. The molecule has 0 atom stereocenters. The topological polar surface area (TPSA) is 12.5 Å². The Balaban J connectivity index is 1.87. The molecule has 0 N–H and O–H groups in total. The maximum atomic E-state index is 5.21. The van der Waals surface area contributed by atoms with Crippen LogP contribution in [0.3, 0.4) is 0 Å². The molecule has 2 aliphatic rings. The molecule has 0 aliphatic carbocycles. The summed E-state index contributed by atoms with van der Waals surface area (Å²) in [5.41, 5.74) is 0.524. The number of hydrogen-bond acceptors (Lipinski definition) is 2. The van der Waals surface area contributed by atoms with Crippen LogP contribution in [0.4, 0.5) is 0 Å². The zero-order chi connectivity index (χ0) is 7.03. The smallest absolute Gasteiger partial charge is 0.0690 e. The van der Waals surface area contributed by atoms with Crippen molar-refractivity contribution in [1.82, 2.24) is 4.90 Å². The molecule has 58 valence electrons. The molecule has 2 nitrogen and oxygen atoms in total. The van der Waals surface area contributed by atoms with Crippen molar-refractivity contribution in [3.63, 3.8) is 0 Å². The van der Waals surface area contributed by atoms with Gasteiger partial charge in [0.05, 0.1) is 18.8 Å². The zero-order valence-electron chi connectivity index (χ0n) is 6.60. The Bertz CT molecular complexity index is 126. The van der Waals surface area contributed by atoms with Gasteiger partial charge in [-0.2, -0.15) is 0 Å². The van der Waals surface area contributed by atoms with E-state index in [9.17, 15) is 0 Å². The predicted molar refractivity (Wildman–Crippen MR) is 40.0 cm³/mol. The quantitative estimate of drug-likeness (QED) is 0.566. The highest BCUT2D eigenvalue weighted by molar-refractivity contribution is 5.04. The van der Waals surface area contributed by atoms with Gasteiger partial charge < -0.3 is 4.74 Å².